The molecule has 0 saturated carbocycles. The molecule has 0 fully saturated rings. The maximum atomic E-state index is 11.1. The Morgan fingerprint density at radius 3 is 1.23 bits per heavy atom. The highest BCUT2D eigenvalue weighted by atomic mass is 16.5. The Labute approximate surface area is 380 Å². The summed E-state index contributed by atoms with van der Waals surface area (Å²) in [6, 6.07) is 5.59. The molecule has 0 aliphatic heterocycles. The second-order valence-corrected chi connectivity index (χ2v) is 18.6. The number of aryl methyl sites for hydroxylation is 1. The molecule has 0 spiro atoms. The monoisotopic (exact) mass is 847 g/mol. The van der Waals surface area contributed by atoms with Crippen molar-refractivity contribution in [2.75, 3.05) is 0 Å². The minimum atomic E-state index is -0.594. The first kappa shape index (κ1) is 56.8. The molecule has 0 saturated heterocycles. The molecule has 0 amide bonds. The van der Waals surface area contributed by atoms with Crippen LogP contribution in [0.25, 0.3) is 0 Å². The van der Waals surface area contributed by atoms with Crippen LogP contribution in [0.1, 0.15) is 270 Å². The molecule has 0 radical (unpaired) electrons. The summed E-state index contributed by atoms with van der Waals surface area (Å²) in [7, 11) is 0. The van der Waals surface area contributed by atoms with Crippen LogP contribution in [0.5, 0.6) is 11.5 Å². The highest BCUT2D eigenvalue weighted by Gasteiger charge is 2.19. The average Bonchev–Trinajstić information content (AvgIpc) is 3.26. The van der Waals surface area contributed by atoms with Gasteiger partial charge in [-0.2, -0.15) is 0 Å². The van der Waals surface area contributed by atoms with Gasteiger partial charge in [0, 0.05) is 6.07 Å². The lowest BCUT2D eigenvalue weighted by atomic mass is 10.0. The molecule has 1 aromatic rings. The van der Waals surface area contributed by atoms with Crippen LogP contribution in [-0.2, 0) is 6.42 Å². The Morgan fingerprint density at radius 1 is 0.475 bits per heavy atom. The number of allylic oxidation sites excluding steroid dienone is 6. The molecule has 2 atom stereocenters. The van der Waals surface area contributed by atoms with Gasteiger partial charge >= 0.3 is 0 Å². The van der Waals surface area contributed by atoms with E-state index in [2.05, 4.69) is 44.7 Å². The van der Waals surface area contributed by atoms with Gasteiger partial charge < -0.3 is 14.9 Å². The maximum Gasteiger partial charge on any atom is 0.143 e. The first-order valence-corrected chi connectivity index (χ1v) is 26.9. The number of phenolic OH excluding ortho intramolecular Hbond substituents is 1. The molecule has 352 valence electrons. The topological polar surface area (TPSA) is 49.7 Å². The fraction of sp³-hybridized carbons (Fsp3) is 0.759. The maximum absolute atomic E-state index is 11.1. The van der Waals surface area contributed by atoms with Crippen LogP contribution in [0, 0.1) is 0 Å². The molecule has 0 aliphatic carbocycles. The molecule has 61 heavy (non-hydrogen) atoms. The third-order valence-electron chi connectivity index (χ3n) is 12.5. The van der Waals surface area contributed by atoms with Crippen molar-refractivity contribution in [3.8, 4) is 11.5 Å². The number of aromatic hydroxyl groups is 1. The van der Waals surface area contributed by atoms with Gasteiger partial charge in [0.25, 0.3) is 0 Å². The number of rotatable bonds is 47. The van der Waals surface area contributed by atoms with E-state index in [1.54, 1.807) is 12.1 Å². The van der Waals surface area contributed by atoms with E-state index in [4.69, 9.17) is 4.74 Å². The minimum Gasteiger partial charge on any atom is -0.508 e. The molecule has 2 unspecified atom stereocenters. The smallest absolute Gasteiger partial charge is 0.143 e. The largest absolute Gasteiger partial charge is 0.508 e. The van der Waals surface area contributed by atoms with Gasteiger partial charge in [-0.05, 0) is 94.4 Å². The molecule has 1 aromatic carbocycles. The highest BCUT2D eigenvalue weighted by molar-refractivity contribution is 5.38. The van der Waals surface area contributed by atoms with Crippen molar-refractivity contribution in [1.82, 2.24) is 0 Å². The lowest BCUT2D eigenvalue weighted by molar-refractivity contribution is 0.0557. The lowest BCUT2D eigenvalue weighted by Crippen LogP contribution is -2.30. The summed E-state index contributed by atoms with van der Waals surface area (Å²) in [6.07, 6.45) is 66.3. The van der Waals surface area contributed by atoms with Crippen LogP contribution < -0.4 is 4.74 Å². The molecule has 0 heterocycles. The molecule has 0 aromatic heterocycles. The molecule has 2 N–H and O–H groups in total. The van der Waals surface area contributed by atoms with Crippen LogP contribution in [0.2, 0.25) is 0 Å². The quantitative estimate of drug-likeness (QED) is 0.0390. The summed E-state index contributed by atoms with van der Waals surface area (Å²) in [5.41, 5.74) is 1.10. The van der Waals surface area contributed by atoms with Gasteiger partial charge in [-0.25, -0.2) is 0 Å². The number of hydrogen-bond acceptors (Lipinski definition) is 3. The fourth-order valence-corrected chi connectivity index (χ4v) is 8.56. The summed E-state index contributed by atoms with van der Waals surface area (Å²) in [5, 5.41) is 21.6. The fourth-order valence-electron chi connectivity index (χ4n) is 8.56. The van der Waals surface area contributed by atoms with Crippen LogP contribution in [0.3, 0.4) is 0 Å². The highest BCUT2D eigenvalue weighted by Crippen LogP contribution is 2.26. The Hall–Kier alpha value is -2.26. The van der Waals surface area contributed by atoms with E-state index in [0.717, 1.165) is 31.2 Å². The Kier molecular flexibility index (Phi) is 42.6. The Morgan fingerprint density at radius 2 is 0.836 bits per heavy atom. The van der Waals surface area contributed by atoms with Crippen molar-refractivity contribution >= 4 is 0 Å². The molecule has 0 bridgehead atoms. The standard InChI is InChI=1S/C58H102O3/c1-4-7-10-12-14-16-18-20-22-24-26-27-28-29-31-32-34-36-38-40-42-44-46-48-54-51-55(59)53-56(52-54)61-58(50-9-6-3)57(60)49-47-45-43-41-39-37-35-33-30-25-23-21-19-17-15-13-11-8-5-2/h6,9,20-23,50-53,57-60H,3-5,7-8,10-19,24-49H2,1-2H3/b22-20+,23-21-,50-9-. The second kappa shape index (κ2) is 45.8. The number of ether oxygens (including phenoxy) is 1. The lowest BCUT2D eigenvalue weighted by Gasteiger charge is -2.22. The summed E-state index contributed by atoms with van der Waals surface area (Å²) in [5.74, 6) is 0.860. The predicted molar refractivity (Wildman–Crippen MR) is 271 cm³/mol. The first-order valence-electron chi connectivity index (χ1n) is 26.9. The van der Waals surface area contributed by atoms with E-state index in [1.807, 2.05) is 24.3 Å². The average molecular weight is 847 g/mol. The molecule has 3 heteroatoms. The van der Waals surface area contributed by atoms with E-state index >= 15 is 0 Å². The summed E-state index contributed by atoms with van der Waals surface area (Å²) in [4.78, 5) is 0. The number of aliphatic hydroxyl groups is 1. The molecule has 3 nitrogen and oxygen atoms in total. The van der Waals surface area contributed by atoms with E-state index in [1.165, 1.54) is 225 Å². The number of aliphatic hydroxyl groups excluding tert-OH is 1. The molecular formula is C58H102O3. The second-order valence-electron chi connectivity index (χ2n) is 18.6. The molecular weight excluding hydrogens is 745 g/mol. The van der Waals surface area contributed by atoms with Gasteiger partial charge in [-0.15, -0.1) is 0 Å². The van der Waals surface area contributed by atoms with Crippen molar-refractivity contribution in [3.63, 3.8) is 0 Å². The normalized spacial score (nSPS) is 13.0. The van der Waals surface area contributed by atoms with Crippen LogP contribution in [0.15, 0.2) is 67.3 Å². The van der Waals surface area contributed by atoms with Gasteiger partial charge in [0.05, 0.1) is 6.10 Å². The van der Waals surface area contributed by atoms with Gasteiger partial charge in [-0.1, -0.05) is 243 Å². The van der Waals surface area contributed by atoms with Crippen molar-refractivity contribution in [3.05, 3.63) is 72.9 Å². The van der Waals surface area contributed by atoms with Gasteiger partial charge in [0.1, 0.15) is 17.6 Å². The van der Waals surface area contributed by atoms with Gasteiger partial charge in [0.2, 0.25) is 0 Å². The number of hydrogen-bond donors (Lipinski definition) is 2. The zero-order valence-corrected chi connectivity index (χ0v) is 40.7. The van der Waals surface area contributed by atoms with Crippen LogP contribution >= 0.6 is 0 Å². The van der Waals surface area contributed by atoms with Crippen molar-refractivity contribution in [2.24, 2.45) is 0 Å². The zero-order chi connectivity index (χ0) is 43.9. The van der Waals surface area contributed by atoms with Crippen molar-refractivity contribution < 1.29 is 14.9 Å². The van der Waals surface area contributed by atoms with E-state index in [0.29, 0.717) is 12.2 Å². The van der Waals surface area contributed by atoms with Crippen molar-refractivity contribution in [2.45, 2.75) is 283 Å². The number of phenols is 1. The first-order chi connectivity index (χ1) is 30.1. The summed E-state index contributed by atoms with van der Waals surface area (Å²) < 4.78 is 6.29. The number of benzene rings is 1. The zero-order valence-electron chi connectivity index (χ0n) is 40.7. The summed E-state index contributed by atoms with van der Waals surface area (Å²) in [6.45, 7) is 8.39. The predicted octanol–water partition coefficient (Wildman–Crippen LogP) is 19.2. The minimum absolute atomic E-state index is 0.232. The van der Waals surface area contributed by atoms with Gasteiger partial charge in [-0.3, -0.25) is 0 Å². The third-order valence-corrected chi connectivity index (χ3v) is 12.5. The van der Waals surface area contributed by atoms with E-state index in [9.17, 15) is 10.2 Å². The number of unbranched alkanes of at least 4 members (excludes halogenated alkanes) is 34. The van der Waals surface area contributed by atoms with E-state index < -0.39 is 12.2 Å². The molecule has 0 aliphatic rings. The van der Waals surface area contributed by atoms with Crippen molar-refractivity contribution in [1.29, 1.82) is 0 Å². The Bertz CT molecular complexity index is 1150. The SMILES string of the molecule is C=C/C=C\C(Oc1cc(O)cc(CCCCCCCCCCCCCCC/C=C/CCCCCCCC)c1)C(O)CCCCCCCCCCC/C=C\CCCCCCCC. The molecule has 1 rings (SSSR count). The van der Waals surface area contributed by atoms with Gasteiger partial charge in [0.15, 0.2) is 0 Å². The third kappa shape index (κ3) is 39.1. The summed E-state index contributed by atoms with van der Waals surface area (Å²) >= 11 is 0. The van der Waals surface area contributed by atoms with E-state index in [-0.39, 0.29) is 5.75 Å². The van der Waals surface area contributed by atoms with Crippen LogP contribution in [0.4, 0.5) is 0 Å². The Balaban J connectivity index is 2.09. The van der Waals surface area contributed by atoms with Crippen LogP contribution in [-0.4, -0.2) is 22.4 Å².